The van der Waals surface area contributed by atoms with Gasteiger partial charge < -0.3 is 5.11 Å². The number of carbonyl (C=O) groups excluding carboxylic acids is 2. The van der Waals surface area contributed by atoms with Gasteiger partial charge in [-0.1, -0.05) is 13.8 Å². The molecule has 1 rings (SSSR count). The number of imide groups is 1. The summed E-state index contributed by atoms with van der Waals surface area (Å²) >= 11 is 1.26. The molecule has 1 fully saturated rings. The van der Waals surface area contributed by atoms with Gasteiger partial charge in [-0.2, -0.15) is 0 Å². The van der Waals surface area contributed by atoms with Gasteiger partial charge in [0.2, 0.25) is 11.8 Å². The van der Waals surface area contributed by atoms with Crippen LogP contribution in [0.5, 0.6) is 0 Å². The van der Waals surface area contributed by atoms with Crippen molar-refractivity contribution in [3.63, 3.8) is 0 Å². The summed E-state index contributed by atoms with van der Waals surface area (Å²) < 4.78 is -0.544. The molecule has 1 aliphatic rings. The predicted octanol–water partition coefficient (Wildman–Crippen LogP) is 0.730. The summed E-state index contributed by atoms with van der Waals surface area (Å²) in [5, 5.41) is 8.28. The van der Waals surface area contributed by atoms with Gasteiger partial charge in [-0.15, -0.1) is 11.8 Å². The lowest BCUT2D eigenvalue weighted by Crippen LogP contribution is -2.30. The number of likely N-dealkylation sites (tertiary alicyclic amines) is 1. The van der Waals surface area contributed by atoms with Crippen molar-refractivity contribution in [2.45, 2.75) is 36.7 Å². The van der Waals surface area contributed by atoms with E-state index in [2.05, 4.69) is 0 Å². The Balaban J connectivity index is 2.65. The zero-order valence-electron chi connectivity index (χ0n) is 9.52. The van der Waals surface area contributed by atoms with Crippen molar-refractivity contribution in [2.24, 2.45) is 0 Å². The van der Waals surface area contributed by atoms with E-state index in [1.807, 2.05) is 0 Å². The van der Waals surface area contributed by atoms with Gasteiger partial charge in [-0.3, -0.25) is 19.3 Å². The van der Waals surface area contributed by atoms with Crippen molar-refractivity contribution >= 4 is 29.5 Å². The summed E-state index contributed by atoms with van der Waals surface area (Å²) in [7, 11) is 1.45. The predicted molar refractivity (Wildman–Crippen MR) is 60.1 cm³/mol. The summed E-state index contributed by atoms with van der Waals surface area (Å²) in [5.74, 6) is -1.33. The number of carboxylic acid groups (broad SMARTS) is 1. The van der Waals surface area contributed by atoms with Crippen LogP contribution in [0.25, 0.3) is 0 Å². The number of nitrogens with zero attached hydrogens (tertiary/aromatic N) is 1. The summed E-state index contributed by atoms with van der Waals surface area (Å²) in [6.45, 7) is 3.53. The van der Waals surface area contributed by atoms with Crippen LogP contribution in [0.4, 0.5) is 0 Å². The van der Waals surface area contributed by atoms with E-state index in [1.165, 1.54) is 18.8 Å². The summed E-state index contributed by atoms with van der Waals surface area (Å²) in [6, 6.07) is 0. The normalized spacial score (nSPS) is 21.7. The maximum atomic E-state index is 11.6. The molecule has 16 heavy (non-hydrogen) atoms. The summed E-state index contributed by atoms with van der Waals surface area (Å²) in [4.78, 5) is 34.6. The van der Waals surface area contributed by atoms with E-state index in [-0.39, 0.29) is 24.7 Å². The highest BCUT2D eigenvalue weighted by Gasteiger charge is 2.40. The van der Waals surface area contributed by atoms with Crippen molar-refractivity contribution < 1.29 is 19.5 Å². The van der Waals surface area contributed by atoms with E-state index in [9.17, 15) is 14.4 Å². The number of carbonyl (C=O) groups is 3. The van der Waals surface area contributed by atoms with Crippen LogP contribution in [0.15, 0.2) is 0 Å². The topological polar surface area (TPSA) is 74.7 Å². The Morgan fingerprint density at radius 1 is 1.56 bits per heavy atom. The third-order valence-corrected chi connectivity index (χ3v) is 3.81. The fourth-order valence-electron chi connectivity index (χ4n) is 1.60. The van der Waals surface area contributed by atoms with Gasteiger partial charge in [0.15, 0.2) is 0 Å². The maximum absolute atomic E-state index is 11.6. The highest BCUT2D eigenvalue weighted by atomic mass is 32.2. The summed E-state index contributed by atoms with van der Waals surface area (Å²) in [6.07, 6.45) is 0.141. The van der Waals surface area contributed by atoms with Crippen molar-refractivity contribution in [1.82, 2.24) is 4.90 Å². The van der Waals surface area contributed by atoms with Crippen molar-refractivity contribution in [2.75, 3.05) is 7.05 Å². The first-order valence-electron chi connectivity index (χ1n) is 4.93. The second-order valence-electron chi connectivity index (χ2n) is 4.43. The first-order chi connectivity index (χ1) is 7.23. The Bertz CT molecular complexity index is 340. The minimum Gasteiger partial charge on any atom is -0.481 e. The lowest BCUT2D eigenvalue weighted by atomic mass is 10.1. The SMILES string of the molecule is CN1C(=O)CC(SC(C)(C)CC(=O)O)C1=O. The molecule has 2 amide bonds. The molecule has 0 radical (unpaired) electrons. The standard InChI is InChI=1S/C10H15NO4S/c1-10(2,5-8(13)14)16-6-4-7(12)11(3)9(6)15/h6H,4-5H2,1-3H3,(H,13,14). The van der Waals surface area contributed by atoms with Crippen LogP contribution in [-0.4, -0.2) is 44.8 Å². The molecule has 5 nitrogen and oxygen atoms in total. The molecule has 0 bridgehead atoms. The molecule has 1 atom stereocenters. The molecule has 0 aromatic carbocycles. The first-order valence-corrected chi connectivity index (χ1v) is 5.81. The van der Waals surface area contributed by atoms with Crippen molar-refractivity contribution in [1.29, 1.82) is 0 Å². The van der Waals surface area contributed by atoms with Crippen LogP contribution in [0.2, 0.25) is 0 Å². The number of carboxylic acids is 1. The number of hydrogen-bond donors (Lipinski definition) is 1. The Morgan fingerprint density at radius 3 is 2.50 bits per heavy atom. The molecule has 0 saturated carbocycles. The average molecular weight is 245 g/mol. The number of thioether (sulfide) groups is 1. The molecule has 1 N–H and O–H groups in total. The van der Waals surface area contributed by atoms with E-state index >= 15 is 0 Å². The van der Waals surface area contributed by atoms with Crippen LogP contribution in [0.3, 0.4) is 0 Å². The average Bonchev–Trinajstić information content (AvgIpc) is 2.30. The zero-order chi connectivity index (χ0) is 12.5. The van der Waals surface area contributed by atoms with Gasteiger partial charge in [-0.05, 0) is 0 Å². The molecule has 1 aliphatic heterocycles. The largest absolute Gasteiger partial charge is 0.481 e. The highest BCUT2D eigenvalue weighted by molar-refractivity contribution is 8.02. The van der Waals surface area contributed by atoms with Crippen LogP contribution in [0, 0.1) is 0 Å². The fourth-order valence-corrected chi connectivity index (χ4v) is 3.07. The van der Waals surface area contributed by atoms with E-state index < -0.39 is 16.0 Å². The molecular weight excluding hydrogens is 230 g/mol. The molecular formula is C10H15NO4S. The number of rotatable bonds is 4. The quantitative estimate of drug-likeness (QED) is 0.739. The Kier molecular flexibility index (Phi) is 3.62. The molecule has 0 spiro atoms. The van der Waals surface area contributed by atoms with E-state index in [0.717, 1.165) is 4.90 Å². The van der Waals surface area contributed by atoms with Gasteiger partial charge in [0.25, 0.3) is 0 Å². The number of hydrogen-bond acceptors (Lipinski definition) is 4. The highest BCUT2D eigenvalue weighted by Crippen LogP contribution is 2.36. The van der Waals surface area contributed by atoms with Gasteiger partial charge in [0.1, 0.15) is 0 Å². The third-order valence-electron chi connectivity index (χ3n) is 2.38. The Morgan fingerprint density at radius 2 is 2.12 bits per heavy atom. The molecule has 0 aromatic heterocycles. The maximum Gasteiger partial charge on any atom is 0.304 e. The van der Waals surface area contributed by atoms with E-state index in [1.54, 1.807) is 13.8 Å². The Labute approximate surface area is 98.2 Å². The second kappa shape index (κ2) is 4.45. The van der Waals surface area contributed by atoms with Crippen LogP contribution < -0.4 is 0 Å². The summed E-state index contributed by atoms with van der Waals surface area (Å²) in [5.41, 5.74) is 0. The van der Waals surface area contributed by atoms with Crippen LogP contribution >= 0.6 is 11.8 Å². The fraction of sp³-hybridized carbons (Fsp3) is 0.700. The molecule has 0 aliphatic carbocycles. The first kappa shape index (κ1) is 13.0. The van der Waals surface area contributed by atoms with Crippen LogP contribution in [0.1, 0.15) is 26.7 Å². The Hall–Kier alpha value is -1.04. The minimum absolute atomic E-state index is 0.0284. The van der Waals surface area contributed by atoms with Crippen LogP contribution in [-0.2, 0) is 14.4 Å². The van der Waals surface area contributed by atoms with Crippen molar-refractivity contribution in [3.05, 3.63) is 0 Å². The number of amides is 2. The number of aliphatic carboxylic acids is 1. The molecule has 6 heteroatoms. The lowest BCUT2D eigenvalue weighted by molar-refractivity contribution is -0.138. The van der Waals surface area contributed by atoms with Gasteiger partial charge >= 0.3 is 5.97 Å². The zero-order valence-corrected chi connectivity index (χ0v) is 10.3. The molecule has 1 heterocycles. The second-order valence-corrected chi connectivity index (χ2v) is 6.34. The molecule has 1 unspecified atom stereocenters. The lowest BCUT2D eigenvalue weighted by Gasteiger charge is -2.24. The molecule has 90 valence electrons. The molecule has 1 saturated heterocycles. The third kappa shape index (κ3) is 2.98. The minimum atomic E-state index is -0.900. The molecule has 0 aromatic rings. The van der Waals surface area contributed by atoms with Gasteiger partial charge in [-0.25, -0.2) is 0 Å². The van der Waals surface area contributed by atoms with E-state index in [4.69, 9.17) is 5.11 Å². The van der Waals surface area contributed by atoms with Crippen molar-refractivity contribution in [3.8, 4) is 0 Å². The van der Waals surface area contributed by atoms with E-state index in [0.29, 0.717) is 0 Å². The van der Waals surface area contributed by atoms with Gasteiger partial charge in [0.05, 0.1) is 11.7 Å². The monoisotopic (exact) mass is 245 g/mol. The van der Waals surface area contributed by atoms with Gasteiger partial charge in [0, 0.05) is 18.2 Å². The smallest absolute Gasteiger partial charge is 0.304 e.